The zero-order valence-corrected chi connectivity index (χ0v) is 12.0. The number of methoxy groups -OCH3 is 1. The summed E-state index contributed by atoms with van der Waals surface area (Å²) in [4.78, 5) is 2.09. The maximum absolute atomic E-state index is 10.0. The Kier molecular flexibility index (Phi) is 7.99. The van der Waals surface area contributed by atoms with Crippen LogP contribution in [0.2, 0.25) is 0 Å². The topological polar surface area (TPSA) is 65.7 Å². The van der Waals surface area contributed by atoms with Crippen LogP contribution in [0.25, 0.3) is 0 Å². The molecular weight excluding hydrogens is 244 g/mol. The Morgan fingerprint density at radius 2 is 2.05 bits per heavy atom. The van der Waals surface area contributed by atoms with E-state index in [1.54, 1.807) is 7.11 Å². The number of hydrogen-bond donors (Lipinski definition) is 1. The predicted molar refractivity (Wildman–Crippen MR) is 72.7 cm³/mol. The van der Waals surface area contributed by atoms with E-state index in [0.29, 0.717) is 32.3 Å². The molecule has 0 saturated heterocycles. The van der Waals surface area contributed by atoms with E-state index in [-0.39, 0.29) is 6.10 Å². The van der Waals surface area contributed by atoms with Crippen LogP contribution < -0.4 is 0 Å². The fraction of sp³-hybridized carbons (Fsp3) is 0.929. The minimum absolute atomic E-state index is 0.0180. The van der Waals surface area contributed by atoms with Crippen LogP contribution in [0, 0.1) is 11.3 Å². The molecule has 2 atom stereocenters. The van der Waals surface area contributed by atoms with E-state index in [9.17, 15) is 5.11 Å². The molecule has 0 bridgehead atoms. The van der Waals surface area contributed by atoms with Gasteiger partial charge in [0.25, 0.3) is 0 Å². The average molecular weight is 270 g/mol. The molecule has 5 nitrogen and oxygen atoms in total. The summed E-state index contributed by atoms with van der Waals surface area (Å²) in [6.45, 7) is 3.63. The summed E-state index contributed by atoms with van der Waals surface area (Å²) in [5.41, 5.74) is 0. The molecule has 0 aromatic carbocycles. The molecule has 1 aliphatic carbocycles. The Morgan fingerprint density at radius 1 is 1.37 bits per heavy atom. The van der Waals surface area contributed by atoms with Crippen molar-refractivity contribution < 1.29 is 14.6 Å². The number of aliphatic hydroxyl groups excluding tert-OH is 1. The summed E-state index contributed by atoms with van der Waals surface area (Å²) in [6.07, 6.45) is 4.16. The average Bonchev–Trinajstić information content (AvgIpc) is 2.90. The lowest BCUT2D eigenvalue weighted by Gasteiger charge is -2.28. The molecule has 1 fully saturated rings. The number of aliphatic hydroxyl groups is 1. The second-order valence-corrected chi connectivity index (χ2v) is 5.28. The van der Waals surface area contributed by atoms with Crippen LogP contribution in [0.4, 0.5) is 0 Å². The molecule has 2 unspecified atom stereocenters. The van der Waals surface area contributed by atoms with Crippen molar-refractivity contribution in [2.75, 3.05) is 33.4 Å². The molecule has 0 heterocycles. The molecule has 1 saturated carbocycles. The first-order chi connectivity index (χ1) is 9.17. The van der Waals surface area contributed by atoms with Crippen LogP contribution in [0.3, 0.4) is 0 Å². The number of nitriles is 1. The SMILES string of the molecule is COCC(C)OCC(O)CN(CC#N)C1CCCC1. The normalized spacial score (nSPS) is 19.5. The fourth-order valence-electron chi connectivity index (χ4n) is 2.58. The minimum atomic E-state index is -0.548. The number of hydrogen-bond acceptors (Lipinski definition) is 5. The highest BCUT2D eigenvalue weighted by molar-refractivity contribution is 4.85. The van der Waals surface area contributed by atoms with Gasteiger partial charge in [-0.25, -0.2) is 0 Å². The summed E-state index contributed by atoms with van der Waals surface area (Å²) in [5, 5.41) is 18.9. The van der Waals surface area contributed by atoms with Gasteiger partial charge in [0.2, 0.25) is 0 Å². The molecule has 1 N–H and O–H groups in total. The molecular formula is C14H26N2O3. The summed E-state index contributed by atoms with van der Waals surface area (Å²) in [7, 11) is 1.63. The number of nitrogens with zero attached hydrogens (tertiary/aromatic N) is 2. The van der Waals surface area contributed by atoms with Crippen LogP contribution in [-0.4, -0.2) is 61.7 Å². The second kappa shape index (κ2) is 9.27. The van der Waals surface area contributed by atoms with Gasteiger partial charge in [0, 0.05) is 19.7 Å². The Hall–Kier alpha value is -0.670. The summed E-state index contributed by atoms with van der Waals surface area (Å²) in [6, 6.07) is 2.64. The van der Waals surface area contributed by atoms with Gasteiger partial charge in [-0.15, -0.1) is 0 Å². The van der Waals surface area contributed by atoms with Crippen molar-refractivity contribution in [2.45, 2.75) is 50.9 Å². The van der Waals surface area contributed by atoms with Gasteiger partial charge < -0.3 is 14.6 Å². The number of rotatable bonds is 9. The quantitative estimate of drug-likeness (QED) is 0.637. The van der Waals surface area contributed by atoms with Crippen LogP contribution in [-0.2, 0) is 9.47 Å². The van der Waals surface area contributed by atoms with E-state index in [4.69, 9.17) is 14.7 Å². The lowest BCUT2D eigenvalue weighted by Crippen LogP contribution is -2.41. The Balaban J connectivity index is 2.30. The molecule has 1 rings (SSSR count). The Labute approximate surface area is 116 Å². The Bertz CT molecular complexity index is 274. The van der Waals surface area contributed by atoms with Crippen molar-refractivity contribution in [3.8, 4) is 6.07 Å². The van der Waals surface area contributed by atoms with Crippen molar-refractivity contribution in [1.82, 2.24) is 4.90 Å². The van der Waals surface area contributed by atoms with E-state index in [1.807, 2.05) is 6.92 Å². The lowest BCUT2D eigenvalue weighted by molar-refractivity contribution is -0.0415. The second-order valence-electron chi connectivity index (χ2n) is 5.28. The monoisotopic (exact) mass is 270 g/mol. The van der Waals surface area contributed by atoms with Gasteiger partial charge in [0.05, 0.1) is 38.0 Å². The van der Waals surface area contributed by atoms with Gasteiger partial charge in [0.15, 0.2) is 0 Å². The van der Waals surface area contributed by atoms with Crippen LogP contribution in [0.15, 0.2) is 0 Å². The van der Waals surface area contributed by atoms with E-state index in [2.05, 4.69) is 11.0 Å². The highest BCUT2D eigenvalue weighted by Crippen LogP contribution is 2.23. The molecule has 0 radical (unpaired) electrons. The first-order valence-electron chi connectivity index (χ1n) is 7.07. The number of ether oxygens (including phenoxy) is 2. The third-order valence-electron chi connectivity index (χ3n) is 3.53. The van der Waals surface area contributed by atoms with Gasteiger partial charge in [-0.2, -0.15) is 5.26 Å². The van der Waals surface area contributed by atoms with Gasteiger partial charge in [-0.05, 0) is 19.8 Å². The van der Waals surface area contributed by atoms with Crippen molar-refractivity contribution in [3.63, 3.8) is 0 Å². The summed E-state index contributed by atoms with van der Waals surface area (Å²) >= 11 is 0. The van der Waals surface area contributed by atoms with Gasteiger partial charge >= 0.3 is 0 Å². The summed E-state index contributed by atoms with van der Waals surface area (Å²) < 4.78 is 10.5. The van der Waals surface area contributed by atoms with Crippen molar-refractivity contribution in [2.24, 2.45) is 0 Å². The molecule has 0 aliphatic heterocycles. The van der Waals surface area contributed by atoms with Gasteiger partial charge in [0.1, 0.15) is 0 Å². The lowest BCUT2D eigenvalue weighted by atomic mass is 10.2. The fourth-order valence-corrected chi connectivity index (χ4v) is 2.58. The van der Waals surface area contributed by atoms with E-state index in [1.165, 1.54) is 12.8 Å². The smallest absolute Gasteiger partial charge is 0.0900 e. The zero-order chi connectivity index (χ0) is 14.1. The first kappa shape index (κ1) is 16.4. The van der Waals surface area contributed by atoms with E-state index in [0.717, 1.165) is 12.8 Å². The third-order valence-corrected chi connectivity index (χ3v) is 3.53. The highest BCUT2D eigenvalue weighted by Gasteiger charge is 2.24. The molecule has 1 aliphatic rings. The molecule has 19 heavy (non-hydrogen) atoms. The van der Waals surface area contributed by atoms with E-state index >= 15 is 0 Å². The molecule has 5 heteroatoms. The molecule has 0 aromatic rings. The molecule has 0 spiro atoms. The summed E-state index contributed by atoms with van der Waals surface area (Å²) in [5.74, 6) is 0. The minimum Gasteiger partial charge on any atom is -0.389 e. The third kappa shape index (κ3) is 6.35. The largest absolute Gasteiger partial charge is 0.389 e. The van der Waals surface area contributed by atoms with Gasteiger partial charge in [-0.1, -0.05) is 12.8 Å². The van der Waals surface area contributed by atoms with Gasteiger partial charge in [-0.3, -0.25) is 4.90 Å². The van der Waals surface area contributed by atoms with Crippen LogP contribution in [0.1, 0.15) is 32.6 Å². The highest BCUT2D eigenvalue weighted by atomic mass is 16.5. The van der Waals surface area contributed by atoms with Crippen molar-refractivity contribution in [1.29, 1.82) is 5.26 Å². The predicted octanol–water partition coefficient (Wildman–Crippen LogP) is 1.17. The standard InChI is InChI=1S/C14H26N2O3/c1-12(10-18-2)19-11-14(17)9-16(8-7-15)13-5-3-4-6-13/h12-14,17H,3-6,8-11H2,1-2H3. The first-order valence-corrected chi connectivity index (χ1v) is 7.07. The van der Waals surface area contributed by atoms with Crippen molar-refractivity contribution in [3.05, 3.63) is 0 Å². The van der Waals surface area contributed by atoms with Crippen molar-refractivity contribution >= 4 is 0 Å². The van der Waals surface area contributed by atoms with Crippen LogP contribution in [0.5, 0.6) is 0 Å². The van der Waals surface area contributed by atoms with Crippen LogP contribution >= 0.6 is 0 Å². The maximum atomic E-state index is 10.0. The van der Waals surface area contributed by atoms with E-state index < -0.39 is 6.10 Å². The zero-order valence-electron chi connectivity index (χ0n) is 12.0. The molecule has 0 aromatic heterocycles. The Morgan fingerprint density at radius 3 is 2.63 bits per heavy atom. The molecule has 0 amide bonds. The molecule has 110 valence electrons. The maximum Gasteiger partial charge on any atom is 0.0900 e.